The van der Waals surface area contributed by atoms with E-state index >= 15 is 0 Å². The fourth-order valence-corrected chi connectivity index (χ4v) is 3.53. The maximum Gasteiger partial charge on any atom is 0.191 e. The first-order valence-corrected chi connectivity index (χ1v) is 11.3. The molecular formula is C19H32IN3O3S. The van der Waals surface area contributed by atoms with E-state index in [2.05, 4.69) is 46.8 Å². The van der Waals surface area contributed by atoms with Crippen LogP contribution in [0.15, 0.2) is 29.3 Å². The third-order valence-electron chi connectivity index (χ3n) is 4.44. The highest BCUT2D eigenvalue weighted by Gasteiger charge is 2.27. The Bertz CT molecular complexity index is 693. The lowest BCUT2D eigenvalue weighted by molar-refractivity contribution is -0.0250. The van der Waals surface area contributed by atoms with Gasteiger partial charge in [0, 0.05) is 38.4 Å². The lowest BCUT2D eigenvalue weighted by atomic mass is 9.89. The number of ether oxygens (including phenoxy) is 1. The first-order chi connectivity index (χ1) is 12.4. The smallest absolute Gasteiger partial charge is 0.191 e. The molecule has 0 bridgehead atoms. The number of nitrogens with one attached hydrogen (secondary N) is 2. The molecule has 1 aliphatic rings. The molecule has 1 fully saturated rings. The zero-order chi connectivity index (χ0) is 19.0. The van der Waals surface area contributed by atoms with Crippen LogP contribution >= 0.6 is 24.0 Å². The number of benzene rings is 1. The lowest BCUT2D eigenvalue weighted by Gasteiger charge is -2.31. The maximum absolute atomic E-state index is 11.3. The van der Waals surface area contributed by atoms with E-state index in [0.29, 0.717) is 25.0 Å². The number of aryl methyl sites for hydroxylation is 1. The standard InChI is InChI=1S/C19H31N3O3S.HI/c1-4-20-19(21-11-13-26(3,23)24)22-14-17-6-5-12-25-18(17)16-9-7-15(2)8-10-16;/h7-10,17-18H,4-6,11-14H2,1-3H3,(H2,20,21,22);1H. The molecule has 1 saturated heterocycles. The van der Waals surface area contributed by atoms with Crippen LogP contribution in [0.1, 0.15) is 37.0 Å². The summed E-state index contributed by atoms with van der Waals surface area (Å²) in [6.07, 6.45) is 3.42. The third kappa shape index (κ3) is 8.78. The molecule has 0 amide bonds. The number of nitrogens with zero attached hydrogens (tertiary/aromatic N) is 1. The molecule has 0 aromatic heterocycles. The molecule has 0 spiro atoms. The van der Waals surface area contributed by atoms with E-state index in [1.807, 2.05) is 6.92 Å². The van der Waals surface area contributed by atoms with Crippen LogP contribution < -0.4 is 10.6 Å². The molecule has 2 atom stereocenters. The molecule has 0 saturated carbocycles. The topological polar surface area (TPSA) is 79.8 Å². The van der Waals surface area contributed by atoms with E-state index in [4.69, 9.17) is 4.74 Å². The van der Waals surface area contributed by atoms with Gasteiger partial charge in [-0.3, -0.25) is 4.99 Å². The largest absolute Gasteiger partial charge is 0.373 e. The number of aliphatic imine (C=N–C) groups is 1. The fourth-order valence-electron chi connectivity index (χ4n) is 3.06. The van der Waals surface area contributed by atoms with Gasteiger partial charge in [-0.25, -0.2) is 8.42 Å². The SMILES string of the molecule is CCNC(=NCC1CCCOC1c1ccc(C)cc1)NCCS(C)(=O)=O.I. The summed E-state index contributed by atoms with van der Waals surface area (Å²) in [5.41, 5.74) is 2.44. The van der Waals surface area contributed by atoms with E-state index in [1.165, 1.54) is 17.4 Å². The first kappa shape index (κ1) is 24.2. The predicted octanol–water partition coefficient (Wildman–Crippen LogP) is 2.68. The second kappa shape index (κ2) is 11.9. The Balaban J connectivity index is 0.00000364. The summed E-state index contributed by atoms with van der Waals surface area (Å²) in [5, 5.41) is 6.27. The molecule has 2 unspecified atom stereocenters. The zero-order valence-corrected chi connectivity index (χ0v) is 19.5. The van der Waals surface area contributed by atoms with Crippen LogP contribution in [0.5, 0.6) is 0 Å². The molecule has 6 nitrogen and oxygen atoms in total. The predicted molar refractivity (Wildman–Crippen MR) is 122 cm³/mol. The van der Waals surface area contributed by atoms with E-state index in [-0.39, 0.29) is 35.8 Å². The van der Waals surface area contributed by atoms with Gasteiger partial charge in [-0.1, -0.05) is 29.8 Å². The van der Waals surface area contributed by atoms with Crippen molar-refractivity contribution < 1.29 is 13.2 Å². The van der Waals surface area contributed by atoms with E-state index in [9.17, 15) is 8.42 Å². The van der Waals surface area contributed by atoms with Crippen molar-refractivity contribution >= 4 is 39.8 Å². The molecule has 0 aliphatic carbocycles. The normalized spacial score (nSPS) is 20.6. The summed E-state index contributed by atoms with van der Waals surface area (Å²) in [5.74, 6) is 1.07. The van der Waals surface area contributed by atoms with Crippen LogP contribution in [0.25, 0.3) is 0 Å². The van der Waals surface area contributed by atoms with Crippen LogP contribution in [-0.4, -0.2) is 52.6 Å². The summed E-state index contributed by atoms with van der Waals surface area (Å²) in [6.45, 7) is 6.59. The Kier molecular flexibility index (Phi) is 10.6. The minimum absolute atomic E-state index is 0. The van der Waals surface area contributed by atoms with Crippen molar-refractivity contribution in [2.45, 2.75) is 32.8 Å². The van der Waals surface area contributed by atoms with Gasteiger partial charge in [0.05, 0.1) is 11.9 Å². The Hall–Kier alpha value is -0.870. The Labute approximate surface area is 180 Å². The Morgan fingerprint density at radius 1 is 1.26 bits per heavy atom. The minimum atomic E-state index is -2.98. The van der Waals surface area contributed by atoms with Crippen LogP contribution in [0.3, 0.4) is 0 Å². The monoisotopic (exact) mass is 509 g/mol. The summed E-state index contributed by atoms with van der Waals surface area (Å²) in [6, 6.07) is 8.50. The molecule has 27 heavy (non-hydrogen) atoms. The van der Waals surface area contributed by atoms with Crippen LogP contribution in [0.2, 0.25) is 0 Å². The third-order valence-corrected chi connectivity index (χ3v) is 5.39. The summed E-state index contributed by atoms with van der Waals surface area (Å²) in [4.78, 5) is 4.67. The molecule has 2 rings (SSSR count). The zero-order valence-electron chi connectivity index (χ0n) is 16.4. The lowest BCUT2D eigenvalue weighted by Crippen LogP contribution is -2.40. The van der Waals surface area contributed by atoms with Gasteiger partial charge in [0.15, 0.2) is 5.96 Å². The average molecular weight is 509 g/mol. The number of hydrogen-bond acceptors (Lipinski definition) is 4. The van der Waals surface area contributed by atoms with Crippen molar-refractivity contribution in [1.82, 2.24) is 10.6 Å². The summed E-state index contributed by atoms with van der Waals surface area (Å²) in [7, 11) is -2.98. The Morgan fingerprint density at radius 2 is 1.96 bits per heavy atom. The van der Waals surface area contributed by atoms with Crippen molar-refractivity contribution in [1.29, 1.82) is 0 Å². The van der Waals surface area contributed by atoms with E-state index in [0.717, 1.165) is 26.0 Å². The number of guanidine groups is 1. The highest BCUT2D eigenvalue weighted by molar-refractivity contribution is 14.0. The quantitative estimate of drug-likeness (QED) is 0.336. The number of hydrogen-bond donors (Lipinski definition) is 2. The van der Waals surface area contributed by atoms with Crippen LogP contribution in [0, 0.1) is 12.8 Å². The molecule has 1 heterocycles. The fraction of sp³-hybridized carbons (Fsp3) is 0.632. The number of halogens is 1. The molecule has 1 aromatic carbocycles. The number of rotatable bonds is 7. The molecule has 8 heteroatoms. The molecule has 154 valence electrons. The molecule has 1 aliphatic heterocycles. The van der Waals surface area contributed by atoms with Crippen molar-refractivity contribution in [2.24, 2.45) is 10.9 Å². The van der Waals surface area contributed by atoms with Crippen LogP contribution in [-0.2, 0) is 14.6 Å². The van der Waals surface area contributed by atoms with E-state index < -0.39 is 9.84 Å². The van der Waals surface area contributed by atoms with Crippen LogP contribution in [0.4, 0.5) is 0 Å². The van der Waals surface area contributed by atoms with Gasteiger partial charge in [-0.05, 0) is 32.3 Å². The average Bonchev–Trinajstić information content (AvgIpc) is 2.60. The minimum Gasteiger partial charge on any atom is -0.373 e. The number of sulfone groups is 1. The summed E-state index contributed by atoms with van der Waals surface area (Å²) >= 11 is 0. The van der Waals surface area contributed by atoms with Crippen molar-refractivity contribution in [3.05, 3.63) is 35.4 Å². The van der Waals surface area contributed by atoms with Gasteiger partial charge in [-0.15, -0.1) is 24.0 Å². The Morgan fingerprint density at radius 3 is 2.59 bits per heavy atom. The highest BCUT2D eigenvalue weighted by Crippen LogP contribution is 2.33. The van der Waals surface area contributed by atoms with Gasteiger partial charge in [0.25, 0.3) is 0 Å². The van der Waals surface area contributed by atoms with Gasteiger partial charge < -0.3 is 15.4 Å². The van der Waals surface area contributed by atoms with Gasteiger partial charge in [-0.2, -0.15) is 0 Å². The highest BCUT2D eigenvalue weighted by atomic mass is 127. The van der Waals surface area contributed by atoms with Gasteiger partial charge in [0.1, 0.15) is 9.84 Å². The van der Waals surface area contributed by atoms with Crippen molar-refractivity contribution in [3.63, 3.8) is 0 Å². The second-order valence-electron chi connectivity index (χ2n) is 6.88. The maximum atomic E-state index is 11.3. The summed E-state index contributed by atoms with van der Waals surface area (Å²) < 4.78 is 28.6. The first-order valence-electron chi connectivity index (χ1n) is 9.27. The van der Waals surface area contributed by atoms with E-state index in [1.54, 1.807) is 0 Å². The molecule has 2 N–H and O–H groups in total. The molecule has 0 radical (unpaired) electrons. The molecule has 1 aromatic rings. The van der Waals surface area contributed by atoms with Gasteiger partial charge >= 0.3 is 0 Å². The van der Waals surface area contributed by atoms with Crippen molar-refractivity contribution in [3.8, 4) is 0 Å². The van der Waals surface area contributed by atoms with Gasteiger partial charge in [0.2, 0.25) is 0 Å². The van der Waals surface area contributed by atoms with Crippen molar-refractivity contribution in [2.75, 3.05) is 38.2 Å². The second-order valence-corrected chi connectivity index (χ2v) is 9.14. The molecular weight excluding hydrogens is 477 g/mol.